The zero-order valence-electron chi connectivity index (χ0n) is 16.7. The van der Waals surface area contributed by atoms with Gasteiger partial charge in [0.2, 0.25) is 5.91 Å². The Bertz CT molecular complexity index is 974. The molecule has 0 fully saturated rings. The van der Waals surface area contributed by atoms with Gasteiger partial charge in [-0.1, -0.05) is 24.3 Å². The number of nitrogens with one attached hydrogen (secondary N) is 2. The van der Waals surface area contributed by atoms with Gasteiger partial charge in [-0.25, -0.2) is 0 Å². The summed E-state index contributed by atoms with van der Waals surface area (Å²) in [4.78, 5) is 20.1. The van der Waals surface area contributed by atoms with Crippen LogP contribution in [0, 0.1) is 0 Å². The number of anilines is 2. The lowest BCUT2D eigenvalue weighted by atomic mass is 10.1. The number of amides is 1. The molecule has 1 aromatic heterocycles. The highest BCUT2D eigenvalue weighted by Gasteiger charge is 2.08. The fraction of sp³-hybridized carbons (Fsp3) is 0.227. The Balaban J connectivity index is 1.73. The minimum absolute atomic E-state index is 0.122. The second kappa shape index (κ2) is 9.54. The van der Waals surface area contributed by atoms with Crippen LogP contribution in [0.3, 0.4) is 0 Å². The van der Waals surface area contributed by atoms with E-state index in [1.54, 1.807) is 7.11 Å². The molecule has 0 unspecified atom stereocenters. The van der Waals surface area contributed by atoms with Gasteiger partial charge in [0, 0.05) is 30.8 Å². The summed E-state index contributed by atoms with van der Waals surface area (Å²) in [6.45, 7) is 2.18. The average Bonchev–Trinajstić information content (AvgIpc) is 2.73. The molecule has 0 saturated heterocycles. The highest BCUT2D eigenvalue weighted by molar-refractivity contribution is 5.89. The molecule has 0 radical (unpaired) electrons. The molecule has 3 rings (SSSR count). The van der Waals surface area contributed by atoms with Crippen molar-refractivity contribution in [1.82, 2.24) is 9.97 Å². The molecule has 0 aliphatic carbocycles. The SMILES string of the molecule is COc1ccc(CCNc2cc(-c3cccc(NC(C)=O)c3)nc(OC)n2)cc1. The molecule has 150 valence electrons. The molecule has 0 aliphatic heterocycles. The van der Waals surface area contributed by atoms with Crippen LogP contribution >= 0.6 is 0 Å². The van der Waals surface area contributed by atoms with Crippen molar-refractivity contribution < 1.29 is 14.3 Å². The van der Waals surface area contributed by atoms with Gasteiger partial charge in [-0.15, -0.1) is 0 Å². The molecule has 7 heteroatoms. The number of hydrogen-bond donors (Lipinski definition) is 2. The third kappa shape index (κ3) is 5.68. The van der Waals surface area contributed by atoms with Gasteiger partial charge < -0.3 is 20.1 Å². The van der Waals surface area contributed by atoms with Crippen molar-refractivity contribution in [2.24, 2.45) is 0 Å². The Hall–Kier alpha value is -3.61. The second-order valence-electron chi connectivity index (χ2n) is 6.41. The summed E-state index contributed by atoms with van der Waals surface area (Å²) in [5.41, 5.74) is 3.47. The van der Waals surface area contributed by atoms with Gasteiger partial charge in [0.1, 0.15) is 11.6 Å². The molecule has 2 N–H and O–H groups in total. The quantitative estimate of drug-likeness (QED) is 0.607. The van der Waals surface area contributed by atoms with Crippen LogP contribution < -0.4 is 20.1 Å². The number of methoxy groups -OCH3 is 2. The Labute approximate surface area is 170 Å². The summed E-state index contributed by atoms with van der Waals surface area (Å²) < 4.78 is 10.4. The fourth-order valence-corrected chi connectivity index (χ4v) is 2.84. The molecule has 29 heavy (non-hydrogen) atoms. The van der Waals surface area contributed by atoms with E-state index in [0.29, 0.717) is 23.7 Å². The van der Waals surface area contributed by atoms with Gasteiger partial charge in [-0.05, 0) is 36.2 Å². The Kier molecular flexibility index (Phi) is 6.63. The second-order valence-corrected chi connectivity index (χ2v) is 6.41. The third-order valence-corrected chi connectivity index (χ3v) is 4.25. The van der Waals surface area contributed by atoms with E-state index in [0.717, 1.165) is 17.7 Å². The lowest BCUT2D eigenvalue weighted by molar-refractivity contribution is -0.114. The zero-order valence-corrected chi connectivity index (χ0v) is 16.7. The standard InChI is InChI=1S/C22H24N4O3/c1-15(27)24-18-6-4-5-17(13-18)20-14-21(26-22(25-20)29-3)23-12-11-16-7-9-19(28-2)10-8-16/h4-10,13-14H,11-12H2,1-3H3,(H,24,27)(H,23,25,26). The Morgan fingerprint density at radius 3 is 2.48 bits per heavy atom. The van der Waals surface area contributed by atoms with Crippen molar-refractivity contribution in [3.63, 3.8) is 0 Å². The van der Waals surface area contributed by atoms with E-state index < -0.39 is 0 Å². The van der Waals surface area contributed by atoms with Crippen LogP contribution in [0.15, 0.2) is 54.6 Å². The molecule has 0 bridgehead atoms. The van der Waals surface area contributed by atoms with Crippen LogP contribution in [0.4, 0.5) is 11.5 Å². The smallest absolute Gasteiger partial charge is 0.318 e. The minimum atomic E-state index is -0.122. The average molecular weight is 392 g/mol. The number of hydrogen-bond acceptors (Lipinski definition) is 6. The van der Waals surface area contributed by atoms with Crippen molar-refractivity contribution in [2.45, 2.75) is 13.3 Å². The number of nitrogens with zero attached hydrogens (tertiary/aromatic N) is 2. The molecule has 2 aromatic carbocycles. The molecule has 0 aliphatic rings. The van der Waals surface area contributed by atoms with Crippen LogP contribution in [-0.4, -0.2) is 36.6 Å². The molecule has 0 spiro atoms. The normalized spacial score (nSPS) is 10.3. The van der Waals surface area contributed by atoms with E-state index in [2.05, 4.69) is 20.6 Å². The first-order valence-electron chi connectivity index (χ1n) is 9.25. The lowest BCUT2D eigenvalue weighted by Gasteiger charge is -2.11. The van der Waals surface area contributed by atoms with E-state index >= 15 is 0 Å². The number of carbonyl (C=O) groups excluding carboxylic acids is 1. The molecule has 1 heterocycles. The number of carbonyl (C=O) groups is 1. The lowest BCUT2D eigenvalue weighted by Crippen LogP contribution is -2.08. The first-order valence-corrected chi connectivity index (χ1v) is 9.25. The largest absolute Gasteiger partial charge is 0.497 e. The number of ether oxygens (including phenoxy) is 2. The van der Waals surface area contributed by atoms with Crippen molar-refractivity contribution >= 4 is 17.4 Å². The summed E-state index contributed by atoms with van der Waals surface area (Å²) in [6.07, 6.45) is 0.837. The van der Waals surface area contributed by atoms with Crippen molar-refractivity contribution in [3.05, 3.63) is 60.2 Å². The highest BCUT2D eigenvalue weighted by Crippen LogP contribution is 2.25. The van der Waals surface area contributed by atoms with E-state index in [9.17, 15) is 4.79 Å². The first kappa shape index (κ1) is 20.1. The van der Waals surface area contributed by atoms with Crippen LogP contribution in [0.1, 0.15) is 12.5 Å². The molecule has 1 amide bonds. The van der Waals surface area contributed by atoms with Crippen molar-refractivity contribution in [2.75, 3.05) is 31.4 Å². The number of aromatic nitrogens is 2. The maximum atomic E-state index is 11.3. The van der Waals surface area contributed by atoms with Gasteiger partial charge in [-0.2, -0.15) is 9.97 Å². The summed E-state index contributed by atoms with van der Waals surface area (Å²) in [5, 5.41) is 6.10. The van der Waals surface area contributed by atoms with Crippen LogP contribution in [0.5, 0.6) is 11.8 Å². The van der Waals surface area contributed by atoms with Gasteiger partial charge in [0.15, 0.2) is 0 Å². The fourth-order valence-electron chi connectivity index (χ4n) is 2.84. The van der Waals surface area contributed by atoms with E-state index in [1.165, 1.54) is 19.6 Å². The molecule has 7 nitrogen and oxygen atoms in total. The number of rotatable bonds is 8. The topological polar surface area (TPSA) is 85.4 Å². The summed E-state index contributed by atoms with van der Waals surface area (Å²) in [7, 11) is 3.19. The highest BCUT2D eigenvalue weighted by atomic mass is 16.5. The summed E-state index contributed by atoms with van der Waals surface area (Å²) in [6, 6.07) is 17.6. The predicted octanol–water partition coefficient (Wildman–Crippen LogP) is 3.77. The van der Waals surface area contributed by atoms with Gasteiger partial charge >= 0.3 is 6.01 Å². The molecule has 0 atom stereocenters. The van der Waals surface area contributed by atoms with E-state index in [-0.39, 0.29) is 11.9 Å². The monoisotopic (exact) mass is 392 g/mol. The zero-order chi connectivity index (χ0) is 20.6. The van der Waals surface area contributed by atoms with Crippen LogP contribution in [-0.2, 0) is 11.2 Å². The molecule has 3 aromatic rings. The molecular weight excluding hydrogens is 368 g/mol. The van der Waals surface area contributed by atoms with Crippen molar-refractivity contribution in [3.8, 4) is 23.0 Å². The molecular formula is C22H24N4O3. The van der Waals surface area contributed by atoms with Crippen molar-refractivity contribution in [1.29, 1.82) is 0 Å². The third-order valence-electron chi connectivity index (χ3n) is 4.25. The van der Waals surface area contributed by atoms with Gasteiger partial charge in [0.05, 0.1) is 19.9 Å². The summed E-state index contributed by atoms with van der Waals surface area (Å²) >= 11 is 0. The Morgan fingerprint density at radius 2 is 1.79 bits per heavy atom. The predicted molar refractivity (Wildman–Crippen MR) is 114 cm³/mol. The van der Waals surface area contributed by atoms with E-state index in [4.69, 9.17) is 9.47 Å². The summed E-state index contributed by atoms with van der Waals surface area (Å²) in [5.74, 6) is 1.39. The first-order chi connectivity index (χ1) is 14.1. The maximum absolute atomic E-state index is 11.3. The number of benzene rings is 2. The maximum Gasteiger partial charge on any atom is 0.318 e. The van der Waals surface area contributed by atoms with Crippen LogP contribution in [0.2, 0.25) is 0 Å². The van der Waals surface area contributed by atoms with Gasteiger partial charge in [0.25, 0.3) is 0 Å². The van der Waals surface area contributed by atoms with E-state index in [1.807, 2.05) is 54.6 Å². The Morgan fingerprint density at radius 1 is 1.00 bits per heavy atom. The van der Waals surface area contributed by atoms with Gasteiger partial charge in [-0.3, -0.25) is 4.79 Å². The molecule has 0 saturated carbocycles. The van der Waals surface area contributed by atoms with Crippen LogP contribution in [0.25, 0.3) is 11.3 Å². The minimum Gasteiger partial charge on any atom is -0.497 e.